The molecule has 1 aromatic rings. The van der Waals surface area contributed by atoms with Gasteiger partial charge in [0.2, 0.25) is 0 Å². The molecule has 0 aromatic carbocycles. The van der Waals surface area contributed by atoms with Crippen LogP contribution in [0.4, 0.5) is 0 Å². The smallest absolute Gasteiger partial charge is 0.110 e. The lowest BCUT2D eigenvalue weighted by atomic mass is 9.97. The molecule has 0 amide bonds. The van der Waals surface area contributed by atoms with Gasteiger partial charge in [-0.25, -0.2) is 4.98 Å². The number of hydrogen-bond donors (Lipinski definition) is 1. The van der Waals surface area contributed by atoms with E-state index in [1.54, 1.807) is 18.4 Å². The lowest BCUT2D eigenvalue weighted by molar-refractivity contribution is 0.190. The first-order chi connectivity index (χ1) is 9.10. The summed E-state index contributed by atoms with van der Waals surface area (Å²) in [6.45, 7) is 10.6. The van der Waals surface area contributed by atoms with E-state index in [1.807, 2.05) is 0 Å². The fourth-order valence-corrected chi connectivity index (χ4v) is 3.37. The summed E-state index contributed by atoms with van der Waals surface area (Å²) in [6, 6.07) is 0.354. The Labute approximate surface area is 121 Å². The quantitative estimate of drug-likeness (QED) is 0.696. The molecule has 4 heteroatoms. The standard InChI is InChI=1S/C15H28N2OS/c1-6-7-12(4)14(16-8-9-18-5)15-17-13(10-19-15)11(2)3/h10-12,14,16H,6-9H2,1-5H3. The molecule has 0 aliphatic heterocycles. The molecule has 1 N–H and O–H groups in total. The van der Waals surface area contributed by atoms with Crippen molar-refractivity contribution in [1.29, 1.82) is 0 Å². The third-order valence-electron chi connectivity index (χ3n) is 3.38. The van der Waals surface area contributed by atoms with Gasteiger partial charge in [0, 0.05) is 19.0 Å². The summed E-state index contributed by atoms with van der Waals surface area (Å²) in [5, 5.41) is 7.02. The minimum absolute atomic E-state index is 0.354. The number of ether oxygens (including phenoxy) is 1. The first-order valence-corrected chi connectivity index (χ1v) is 8.15. The van der Waals surface area contributed by atoms with Gasteiger partial charge in [0.25, 0.3) is 0 Å². The Kier molecular flexibility index (Phi) is 7.57. The van der Waals surface area contributed by atoms with Crippen molar-refractivity contribution in [3.63, 3.8) is 0 Å². The maximum Gasteiger partial charge on any atom is 0.110 e. The normalized spacial score (nSPS) is 14.8. The van der Waals surface area contributed by atoms with Gasteiger partial charge in [-0.15, -0.1) is 11.3 Å². The molecule has 0 aliphatic carbocycles. The van der Waals surface area contributed by atoms with Crippen molar-refractivity contribution >= 4 is 11.3 Å². The highest BCUT2D eigenvalue weighted by Gasteiger charge is 2.21. The molecule has 0 bridgehead atoms. The molecule has 1 heterocycles. The second-order valence-corrected chi connectivity index (χ2v) is 6.35. The SMILES string of the molecule is CCCC(C)C(NCCOC)c1nc(C(C)C)cs1. The van der Waals surface area contributed by atoms with Crippen LogP contribution in [0.2, 0.25) is 0 Å². The van der Waals surface area contributed by atoms with Gasteiger partial charge in [0.15, 0.2) is 0 Å². The summed E-state index contributed by atoms with van der Waals surface area (Å²) in [4.78, 5) is 4.81. The van der Waals surface area contributed by atoms with Crippen LogP contribution in [0.5, 0.6) is 0 Å². The first kappa shape index (κ1) is 16.6. The van der Waals surface area contributed by atoms with Gasteiger partial charge in [-0.05, 0) is 18.3 Å². The van der Waals surface area contributed by atoms with Crippen LogP contribution in [0.15, 0.2) is 5.38 Å². The predicted octanol–water partition coefficient (Wildman–Crippen LogP) is 3.98. The summed E-state index contributed by atoms with van der Waals surface area (Å²) in [5.41, 5.74) is 1.21. The maximum atomic E-state index is 5.13. The lowest BCUT2D eigenvalue weighted by Gasteiger charge is -2.23. The average Bonchev–Trinajstić information content (AvgIpc) is 2.84. The monoisotopic (exact) mass is 284 g/mol. The van der Waals surface area contributed by atoms with E-state index in [1.165, 1.54) is 23.5 Å². The molecule has 110 valence electrons. The summed E-state index contributed by atoms with van der Waals surface area (Å²) in [7, 11) is 1.74. The zero-order chi connectivity index (χ0) is 14.3. The van der Waals surface area contributed by atoms with Crippen LogP contribution >= 0.6 is 11.3 Å². The molecule has 0 saturated carbocycles. The Morgan fingerprint density at radius 2 is 2.11 bits per heavy atom. The van der Waals surface area contributed by atoms with Crippen LogP contribution in [-0.2, 0) is 4.74 Å². The van der Waals surface area contributed by atoms with Gasteiger partial charge in [-0.3, -0.25) is 0 Å². The highest BCUT2D eigenvalue weighted by Crippen LogP contribution is 2.29. The number of methoxy groups -OCH3 is 1. The summed E-state index contributed by atoms with van der Waals surface area (Å²) in [5.74, 6) is 1.11. The molecule has 2 atom stereocenters. The Hall–Kier alpha value is -0.450. The zero-order valence-corrected chi connectivity index (χ0v) is 13.7. The van der Waals surface area contributed by atoms with Gasteiger partial charge < -0.3 is 10.1 Å². The van der Waals surface area contributed by atoms with E-state index in [0.29, 0.717) is 17.9 Å². The minimum atomic E-state index is 0.354. The average molecular weight is 284 g/mol. The molecule has 0 aliphatic rings. The van der Waals surface area contributed by atoms with Crippen molar-refractivity contribution in [3.8, 4) is 0 Å². The molecular formula is C15H28N2OS. The molecular weight excluding hydrogens is 256 g/mol. The van der Waals surface area contributed by atoms with Crippen LogP contribution in [0.3, 0.4) is 0 Å². The molecule has 1 rings (SSSR count). The van der Waals surface area contributed by atoms with Crippen molar-refractivity contribution in [1.82, 2.24) is 10.3 Å². The van der Waals surface area contributed by atoms with Gasteiger partial charge in [-0.1, -0.05) is 34.1 Å². The highest BCUT2D eigenvalue weighted by molar-refractivity contribution is 7.09. The van der Waals surface area contributed by atoms with E-state index in [2.05, 4.69) is 38.4 Å². The second kappa shape index (κ2) is 8.67. The molecule has 0 spiro atoms. The topological polar surface area (TPSA) is 34.1 Å². The highest BCUT2D eigenvalue weighted by atomic mass is 32.1. The van der Waals surface area contributed by atoms with Gasteiger partial charge in [0.1, 0.15) is 5.01 Å². The summed E-state index contributed by atoms with van der Waals surface area (Å²) in [6.07, 6.45) is 2.44. The number of hydrogen-bond acceptors (Lipinski definition) is 4. The number of rotatable bonds is 9. The zero-order valence-electron chi connectivity index (χ0n) is 12.9. The lowest BCUT2D eigenvalue weighted by Crippen LogP contribution is -2.29. The van der Waals surface area contributed by atoms with Crippen molar-refractivity contribution in [3.05, 3.63) is 16.1 Å². The third-order valence-corrected chi connectivity index (χ3v) is 4.33. The van der Waals surface area contributed by atoms with E-state index in [0.717, 1.165) is 13.2 Å². The molecule has 3 nitrogen and oxygen atoms in total. The fourth-order valence-electron chi connectivity index (χ4n) is 2.18. The van der Waals surface area contributed by atoms with Crippen LogP contribution in [0, 0.1) is 5.92 Å². The minimum Gasteiger partial charge on any atom is -0.383 e. The number of thiazole rings is 1. The Morgan fingerprint density at radius 3 is 2.63 bits per heavy atom. The van der Waals surface area contributed by atoms with Crippen molar-refractivity contribution in [2.75, 3.05) is 20.3 Å². The van der Waals surface area contributed by atoms with Gasteiger partial charge in [-0.2, -0.15) is 0 Å². The largest absolute Gasteiger partial charge is 0.383 e. The summed E-state index contributed by atoms with van der Waals surface area (Å²) < 4.78 is 5.13. The molecule has 0 saturated heterocycles. The Bertz CT molecular complexity index is 352. The van der Waals surface area contributed by atoms with Crippen molar-refractivity contribution < 1.29 is 4.74 Å². The van der Waals surface area contributed by atoms with Crippen LogP contribution in [0.1, 0.15) is 63.2 Å². The maximum absolute atomic E-state index is 5.13. The van der Waals surface area contributed by atoms with Crippen LogP contribution in [0.25, 0.3) is 0 Å². The number of aromatic nitrogens is 1. The van der Waals surface area contributed by atoms with E-state index < -0.39 is 0 Å². The van der Waals surface area contributed by atoms with E-state index in [4.69, 9.17) is 9.72 Å². The van der Waals surface area contributed by atoms with E-state index >= 15 is 0 Å². The molecule has 1 aromatic heterocycles. The van der Waals surface area contributed by atoms with Gasteiger partial charge >= 0.3 is 0 Å². The van der Waals surface area contributed by atoms with Crippen LogP contribution in [-0.4, -0.2) is 25.2 Å². The molecule has 2 unspecified atom stereocenters. The number of nitrogens with zero attached hydrogens (tertiary/aromatic N) is 1. The van der Waals surface area contributed by atoms with Crippen molar-refractivity contribution in [2.24, 2.45) is 5.92 Å². The molecule has 0 fully saturated rings. The Morgan fingerprint density at radius 1 is 1.37 bits per heavy atom. The third kappa shape index (κ3) is 5.21. The van der Waals surface area contributed by atoms with E-state index in [-0.39, 0.29) is 0 Å². The second-order valence-electron chi connectivity index (χ2n) is 5.46. The summed E-state index contributed by atoms with van der Waals surface area (Å²) >= 11 is 1.78. The molecule has 19 heavy (non-hydrogen) atoms. The number of nitrogens with one attached hydrogen (secondary N) is 1. The van der Waals surface area contributed by atoms with Crippen molar-refractivity contribution in [2.45, 2.75) is 52.5 Å². The fraction of sp³-hybridized carbons (Fsp3) is 0.800. The molecule has 0 radical (unpaired) electrons. The first-order valence-electron chi connectivity index (χ1n) is 7.27. The Balaban J connectivity index is 2.75. The predicted molar refractivity (Wildman–Crippen MR) is 82.9 cm³/mol. The van der Waals surface area contributed by atoms with E-state index in [9.17, 15) is 0 Å². The van der Waals surface area contributed by atoms with Gasteiger partial charge in [0.05, 0.1) is 18.3 Å². The van der Waals surface area contributed by atoms with Crippen LogP contribution < -0.4 is 5.32 Å².